The van der Waals surface area contributed by atoms with Gasteiger partial charge in [-0.3, -0.25) is 4.90 Å². The Morgan fingerprint density at radius 2 is 2.05 bits per heavy atom. The molecule has 0 amide bonds. The van der Waals surface area contributed by atoms with Crippen LogP contribution in [0.2, 0.25) is 0 Å². The van der Waals surface area contributed by atoms with Crippen LogP contribution in [-0.2, 0) is 21.4 Å². The van der Waals surface area contributed by atoms with Gasteiger partial charge in [-0.25, -0.2) is 13.1 Å². The van der Waals surface area contributed by atoms with Gasteiger partial charge >= 0.3 is 0 Å². The first-order chi connectivity index (χ1) is 10.0. The van der Waals surface area contributed by atoms with Crippen molar-refractivity contribution in [1.29, 1.82) is 0 Å². The molecule has 1 aromatic rings. The van der Waals surface area contributed by atoms with Crippen LogP contribution < -0.4 is 4.72 Å². The van der Waals surface area contributed by atoms with Crippen molar-refractivity contribution in [2.24, 2.45) is 0 Å². The highest BCUT2D eigenvalue weighted by Crippen LogP contribution is 2.15. The molecule has 0 saturated carbocycles. The topological polar surface area (TPSA) is 78.9 Å². The predicted molar refractivity (Wildman–Crippen MR) is 79.5 cm³/mol. The van der Waals surface area contributed by atoms with Crippen LogP contribution in [-0.4, -0.2) is 57.8 Å². The first kappa shape index (κ1) is 16.4. The van der Waals surface area contributed by atoms with Crippen LogP contribution in [0.25, 0.3) is 0 Å². The van der Waals surface area contributed by atoms with E-state index in [0.717, 1.165) is 18.7 Å². The Morgan fingerprint density at radius 1 is 1.33 bits per heavy atom. The molecule has 2 N–H and O–H groups in total. The number of aryl methyl sites for hydroxylation is 1. The molecular formula is C14H22N2O4S. The average molecular weight is 314 g/mol. The molecule has 21 heavy (non-hydrogen) atoms. The number of nitrogens with one attached hydrogen (secondary N) is 1. The Bertz CT molecular complexity index is 568. The number of aliphatic hydroxyl groups excluding tert-OH is 1. The second kappa shape index (κ2) is 7.33. The zero-order valence-corrected chi connectivity index (χ0v) is 13.0. The molecule has 0 atom stereocenters. The third-order valence-electron chi connectivity index (χ3n) is 3.63. The normalized spacial score (nSPS) is 17.0. The Balaban J connectivity index is 1.94. The van der Waals surface area contributed by atoms with Crippen molar-refractivity contribution >= 4 is 10.0 Å². The molecule has 0 unspecified atom stereocenters. The maximum Gasteiger partial charge on any atom is 0.240 e. The summed E-state index contributed by atoms with van der Waals surface area (Å²) in [4.78, 5) is 2.36. The standard InChI is InChI=1S/C14H22N2O4S/c1-12-2-3-14(10-13(12)11-17)21(18,19)15-4-5-16-6-8-20-9-7-16/h2-3,10,15,17H,4-9,11H2,1H3. The molecule has 1 heterocycles. The summed E-state index contributed by atoms with van der Waals surface area (Å²) < 4.78 is 32.3. The molecule has 1 aromatic carbocycles. The van der Waals surface area contributed by atoms with E-state index in [1.54, 1.807) is 12.1 Å². The zero-order chi connectivity index (χ0) is 15.3. The summed E-state index contributed by atoms with van der Waals surface area (Å²) in [6.07, 6.45) is 0. The molecule has 0 radical (unpaired) electrons. The summed E-state index contributed by atoms with van der Waals surface area (Å²) in [7, 11) is -3.53. The van der Waals surface area contributed by atoms with E-state index in [0.29, 0.717) is 31.9 Å². The smallest absolute Gasteiger partial charge is 0.240 e. The third-order valence-corrected chi connectivity index (χ3v) is 5.08. The highest BCUT2D eigenvalue weighted by atomic mass is 32.2. The van der Waals surface area contributed by atoms with Gasteiger partial charge in [0, 0.05) is 26.2 Å². The van der Waals surface area contributed by atoms with E-state index < -0.39 is 10.0 Å². The first-order valence-corrected chi connectivity index (χ1v) is 8.51. The Kier molecular flexibility index (Phi) is 5.72. The minimum absolute atomic E-state index is 0.164. The van der Waals surface area contributed by atoms with E-state index >= 15 is 0 Å². The Morgan fingerprint density at radius 3 is 2.71 bits per heavy atom. The molecule has 1 saturated heterocycles. The summed E-state index contributed by atoms with van der Waals surface area (Å²) in [5, 5.41) is 9.22. The van der Waals surface area contributed by atoms with Gasteiger partial charge in [0.15, 0.2) is 0 Å². The molecule has 1 fully saturated rings. The summed E-state index contributed by atoms with van der Waals surface area (Å²) >= 11 is 0. The lowest BCUT2D eigenvalue weighted by atomic mass is 10.1. The fraction of sp³-hybridized carbons (Fsp3) is 0.571. The minimum atomic E-state index is -3.53. The maximum absolute atomic E-state index is 12.2. The fourth-order valence-electron chi connectivity index (χ4n) is 2.23. The molecule has 118 valence electrons. The van der Waals surface area contributed by atoms with Crippen molar-refractivity contribution in [2.45, 2.75) is 18.4 Å². The minimum Gasteiger partial charge on any atom is -0.392 e. The largest absolute Gasteiger partial charge is 0.392 e. The lowest BCUT2D eigenvalue weighted by molar-refractivity contribution is 0.0390. The van der Waals surface area contributed by atoms with Gasteiger partial charge in [-0.15, -0.1) is 0 Å². The first-order valence-electron chi connectivity index (χ1n) is 7.03. The number of hydrogen-bond donors (Lipinski definition) is 2. The summed E-state index contributed by atoms with van der Waals surface area (Å²) in [5.74, 6) is 0. The Hall–Kier alpha value is -0.990. The van der Waals surface area contributed by atoms with Crippen LogP contribution in [0.3, 0.4) is 0 Å². The second-order valence-corrected chi connectivity index (χ2v) is 6.87. The zero-order valence-electron chi connectivity index (χ0n) is 12.2. The Labute approximate surface area is 125 Å². The fourth-order valence-corrected chi connectivity index (χ4v) is 3.30. The van der Waals surface area contributed by atoms with Gasteiger partial charge in [-0.2, -0.15) is 0 Å². The number of aliphatic hydroxyl groups is 1. The molecule has 2 rings (SSSR count). The summed E-state index contributed by atoms with van der Waals surface area (Å²) in [6.45, 7) is 5.78. The van der Waals surface area contributed by atoms with E-state index in [2.05, 4.69) is 9.62 Å². The molecule has 6 nitrogen and oxygen atoms in total. The molecule has 1 aliphatic rings. The van der Waals surface area contributed by atoms with E-state index in [9.17, 15) is 13.5 Å². The van der Waals surface area contributed by atoms with Crippen molar-refractivity contribution in [3.63, 3.8) is 0 Å². The number of ether oxygens (including phenoxy) is 1. The van der Waals surface area contributed by atoms with Crippen molar-refractivity contribution < 1.29 is 18.3 Å². The van der Waals surface area contributed by atoms with Crippen molar-refractivity contribution in [2.75, 3.05) is 39.4 Å². The summed E-state index contributed by atoms with van der Waals surface area (Å²) in [5.41, 5.74) is 1.51. The maximum atomic E-state index is 12.2. The molecule has 0 aliphatic carbocycles. The number of sulfonamides is 1. The lowest BCUT2D eigenvalue weighted by Gasteiger charge is -2.26. The molecule has 7 heteroatoms. The number of nitrogens with zero attached hydrogens (tertiary/aromatic N) is 1. The van der Waals surface area contributed by atoms with Crippen molar-refractivity contribution in [3.05, 3.63) is 29.3 Å². The van der Waals surface area contributed by atoms with Crippen LogP contribution in [0.1, 0.15) is 11.1 Å². The number of hydrogen-bond acceptors (Lipinski definition) is 5. The predicted octanol–water partition coefficient (Wildman–Crippen LogP) is 0.0978. The second-order valence-electron chi connectivity index (χ2n) is 5.10. The van der Waals surface area contributed by atoms with Gasteiger partial charge in [0.05, 0.1) is 24.7 Å². The average Bonchev–Trinajstić information content (AvgIpc) is 2.48. The lowest BCUT2D eigenvalue weighted by Crippen LogP contribution is -2.41. The number of benzene rings is 1. The monoisotopic (exact) mass is 314 g/mol. The van der Waals surface area contributed by atoms with Crippen LogP contribution in [0.5, 0.6) is 0 Å². The molecular weight excluding hydrogens is 292 g/mol. The third kappa shape index (κ3) is 4.49. The van der Waals surface area contributed by atoms with Crippen molar-refractivity contribution in [3.8, 4) is 0 Å². The van der Waals surface area contributed by atoms with Crippen LogP contribution in [0, 0.1) is 6.92 Å². The van der Waals surface area contributed by atoms with Gasteiger partial charge in [-0.1, -0.05) is 6.07 Å². The molecule has 0 aromatic heterocycles. The highest BCUT2D eigenvalue weighted by Gasteiger charge is 2.16. The number of morpholine rings is 1. The van der Waals surface area contributed by atoms with E-state index in [1.807, 2.05) is 6.92 Å². The molecule has 0 spiro atoms. The number of rotatable bonds is 6. The quantitative estimate of drug-likeness (QED) is 0.778. The van der Waals surface area contributed by atoms with E-state index in [4.69, 9.17) is 4.74 Å². The van der Waals surface area contributed by atoms with E-state index in [-0.39, 0.29) is 11.5 Å². The van der Waals surface area contributed by atoms with Gasteiger partial charge in [0.2, 0.25) is 10.0 Å². The highest BCUT2D eigenvalue weighted by molar-refractivity contribution is 7.89. The van der Waals surface area contributed by atoms with Gasteiger partial charge < -0.3 is 9.84 Å². The van der Waals surface area contributed by atoms with Crippen LogP contribution in [0.15, 0.2) is 23.1 Å². The van der Waals surface area contributed by atoms with Crippen LogP contribution in [0.4, 0.5) is 0 Å². The SMILES string of the molecule is Cc1ccc(S(=O)(=O)NCCN2CCOCC2)cc1CO. The molecule has 0 bridgehead atoms. The van der Waals surface area contributed by atoms with Gasteiger partial charge in [0.25, 0.3) is 0 Å². The van der Waals surface area contributed by atoms with Crippen molar-refractivity contribution in [1.82, 2.24) is 9.62 Å². The van der Waals surface area contributed by atoms with Gasteiger partial charge in [0.1, 0.15) is 0 Å². The van der Waals surface area contributed by atoms with E-state index in [1.165, 1.54) is 6.07 Å². The molecule has 1 aliphatic heterocycles. The van der Waals surface area contributed by atoms with Crippen LogP contribution >= 0.6 is 0 Å². The van der Waals surface area contributed by atoms with Gasteiger partial charge in [-0.05, 0) is 30.2 Å². The summed E-state index contributed by atoms with van der Waals surface area (Å²) in [6, 6.07) is 4.79.